The van der Waals surface area contributed by atoms with E-state index in [0.717, 1.165) is 18.2 Å². The lowest BCUT2D eigenvalue weighted by Gasteiger charge is -2.22. The molecule has 1 atom stereocenters. The second-order valence-electron chi connectivity index (χ2n) is 3.76. The fraction of sp³-hybridized carbons (Fsp3) is 0.667. The SMILES string of the molecule is O=C1CN(C(=O)C2CSC(=O)N2)CCCN1. The number of nitrogens with one attached hydrogen (secondary N) is 2. The van der Waals surface area contributed by atoms with Crippen LogP contribution in [0.15, 0.2) is 0 Å². The van der Waals surface area contributed by atoms with E-state index in [9.17, 15) is 14.4 Å². The van der Waals surface area contributed by atoms with Gasteiger partial charge in [0.25, 0.3) is 5.24 Å². The van der Waals surface area contributed by atoms with Crippen molar-refractivity contribution in [1.29, 1.82) is 0 Å². The van der Waals surface area contributed by atoms with Crippen LogP contribution in [0.2, 0.25) is 0 Å². The predicted molar refractivity (Wildman–Crippen MR) is 59.0 cm³/mol. The molecule has 2 heterocycles. The molecule has 0 aliphatic carbocycles. The number of hydrogen-bond acceptors (Lipinski definition) is 4. The van der Waals surface area contributed by atoms with Crippen molar-refractivity contribution in [2.24, 2.45) is 0 Å². The summed E-state index contributed by atoms with van der Waals surface area (Å²) in [6, 6.07) is -0.469. The molecule has 16 heavy (non-hydrogen) atoms. The first-order valence-electron chi connectivity index (χ1n) is 5.15. The van der Waals surface area contributed by atoms with Gasteiger partial charge in [0.1, 0.15) is 6.04 Å². The molecule has 2 N–H and O–H groups in total. The topological polar surface area (TPSA) is 78.5 Å². The van der Waals surface area contributed by atoms with E-state index < -0.39 is 6.04 Å². The Morgan fingerprint density at radius 1 is 1.44 bits per heavy atom. The van der Waals surface area contributed by atoms with Crippen molar-refractivity contribution in [1.82, 2.24) is 15.5 Å². The molecule has 0 aromatic carbocycles. The van der Waals surface area contributed by atoms with E-state index in [1.807, 2.05) is 0 Å². The maximum absolute atomic E-state index is 12.0. The van der Waals surface area contributed by atoms with Crippen molar-refractivity contribution in [3.63, 3.8) is 0 Å². The van der Waals surface area contributed by atoms with Crippen molar-refractivity contribution in [3.05, 3.63) is 0 Å². The van der Waals surface area contributed by atoms with Gasteiger partial charge in [-0.3, -0.25) is 14.4 Å². The lowest BCUT2D eigenvalue weighted by atomic mass is 10.2. The molecule has 1 unspecified atom stereocenters. The Labute approximate surface area is 97.1 Å². The molecular formula is C9H13N3O3S. The van der Waals surface area contributed by atoms with Gasteiger partial charge in [0, 0.05) is 18.8 Å². The maximum Gasteiger partial charge on any atom is 0.279 e. The minimum absolute atomic E-state index is 0.0931. The summed E-state index contributed by atoms with van der Waals surface area (Å²) in [5, 5.41) is 5.12. The van der Waals surface area contributed by atoms with Crippen molar-refractivity contribution < 1.29 is 14.4 Å². The van der Waals surface area contributed by atoms with Gasteiger partial charge in [-0.25, -0.2) is 0 Å². The molecular weight excluding hydrogens is 230 g/mol. The molecule has 0 spiro atoms. The van der Waals surface area contributed by atoms with Gasteiger partial charge in [-0.1, -0.05) is 11.8 Å². The fourth-order valence-electron chi connectivity index (χ4n) is 1.73. The van der Waals surface area contributed by atoms with Crippen LogP contribution in [0.25, 0.3) is 0 Å². The van der Waals surface area contributed by atoms with Gasteiger partial charge in [-0.05, 0) is 6.42 Å². The Hall–Kier alpha value is -1.24. The van der Waals surface area contributed by atoms with Crippen LogP contribution in [-0.4, -0.2) is 53.4 Å². The summed E-state index contributed by atoms with van der Waals surface area (Å²) in [6.07, 6.45) is 0.755. The molecule has 0 aromatic heterocycles. The Morgan fingerprint density at radius 2 is 2.25 bits per heavy atom. The van der Waals surface area contributed by atoms with E-state index in [0.29, 0.717) is 18.8 Å². The zero-order valence-corrected chi connectivity index (χ0v) is 9.51. The third-order valence-electron chi connectivity index (χ3n) is 2.54. The zero-order valence-electron chi connectivity index (χ0n) is 8.69. The fourth-order valence-corrected chi connectivity index (χ4v) is 2.50. The summed E-state index contributed by atoms with van der Waals surface area (Å²) in [4.78, 5) is 35.7. The molecule has 0 saturated carbocycles. The Morgan fingerprint density at radius 3 is 2.94 bits per heavy atom. The highest BCUT2D eigenvalue weighted by Crippen LogP contribution is 2.15. The van der Waals surface area contributed by atoms with Gasteiger partial charge < -0.3 is 15.5 Å². The summed E-state index contributed by atoms with van der Waals surface area (Å²) in [7, 11) is 0. The van der Waals surface area contributed by atoms with E-state index >= 15 is 0 Å². The van der Waals surface area contributed by atoms with Crippen LogP contribution in [0.3, 0.4) is 0 Å². The number of hydrogen-bond donors (Lipinski definition) is 2. The van der Waals surface area contributed by atoms with Gasteiger partial charge in [0.15, 0.2) is 0 Å². The average Bonchev–Trinajstić information content (AvgIpc) is 2.56. The normalized spacial score (nSPS) is 26.0. The number of carbonyl (C=O) groups excluding carboxylic acids is 3. The number of amides is 3. The standard InChI is InChI=1S/C9H13N3O3S/c13-7-4-12(3-1-2-10-7)8(14)6-5-16-9(15)11-6/h6H,1-5H2,(H,10,13)(H,11,15). The van der Waals surface area contributed by atoms with Gasteiger partial charge >= 0.3 is 0 Å². The summed E-state index contributed by atoms with van der Waals surface area (Å²) >= 11 is 1.11. The van der Waals surface area contributed by atoms with E-state index in [1.54, 1.807) is 0 Å². The van der Waals surface area contributed by atoms with Gasteiger partial charge in [-0.15, -0.1) is 0 Å². The zero-order chi connectivity index (χ0) is 11.5. The summed E-state index contributed by atoms with van der Waals surface area (Å²) in [5.74, 6) is 0.161. The van der Waals surface area contributed by atoms with Gasteiger partial charge in [0.05, 0.1) is 6.54 Å². The molecule has 88 valence electrons. The van der Waals surface area contributed by atoms with Crippen LogP contribution < -0.4 is 10.6 Å². The monoisotopic (exact) mass is 243 g/mol. The Kier molecular flexibility index (Phi) is 3.33. The van der Waals surface area contributed by atoms with Crippen LogP contribution in [0.5, 0.6) is 0 Å². The smallest absolute Gasteiger partial charge is 0.279 e. The summed E-state index contributed by atoms with van der Waals surface area (Å²) < 4.78 is 0. The van der Waals surface area contributed by atoms with E-state index in [2.05, 4.69) is 10.6 Å². The highest BCUT2D eigenvalue weighted by molar-refractivity contribution is 8.14. The number of thioether (sulfide) groups is 1. The molecule has 0 aromatic rings. The predicted octanol–water partition coefficient (Wildman–Crippen LogP) is -0.840. The second-order valence-corrected chi connectivity index (χ2v) is 4.75. The van der Waals surface area contributed by atoms with E-state index in [1.165, 1.54) is 4.90 Å². The molecule has 2 aliphatic heterocycles. The minimum atomic E-state index is -0.469. The largest absolute Gasteiger partial charge is 0.354 e. The molecule has 3 amide bonds. The second kappa shape index (κ2) is 4.73. The lowest BCUT2D eigenvalue weighted by molar-refractivity contribution is -0.136. The number of nitrogens with zero attached hydrogens (tertiary/aromatic N) is 1. The molecule has 0 radical (unpaired) electrons. The van der Waals surface area contributed by atoms with Crippen LogP contribution in [0.4, 0.5) is 4.79 Å². The first-order valence-corrected chi connectivity index (χ1v) is 6.14. The molecule has 2 rings (SSSR count). The van der Waals surface area contributed by atoms with Crippen molar-refractivity contribution >= 4 is 28.8 Å². The highest BCUT2D eigenvalue weighted by Gasteiger charge is 2.32. The molecule has 2 saturated heterocycles. The van der Waals surface area contributed by atoms with Crippen LogP contribution in [0.1, 0.15) is 6.42 Å². The summed E-state index contributed by atoms with van der Waals surface area (Å²) in [6.45, 7) is 1.26. The third-order valence-corrected chi connectivity index (χ3v) is 3.42. The van der Waals surface area contributed by atoms with E-state index in [-0.39, 0.29) is 23.6 Å². The first-order chi connectivity index (χ1) is 7.66. The van der Waals surface area contributed by atoms with Gasteiger partial charge in [0.2, 0.25) is 11.8 Å². The molecule has 7 heteroatoms. The quantitative estimate of drug-likeness (QED) is 0.629. The third kappa shape index (κ3) is 2.46. The van der Waals surface area contributed by atoms with Crippen molar-refractivity contribution in [2.75, 3.05) is 25.4 Å². The molecule has 0 bridgehead atoms. The molecule has 2 fully saturated rings. The molecule has 2 aliphatic rings. The minimum Gasteiger partial charge on any atom is -0.354 e. The summed E-state index contributed by atoms with van der Waals surface area (Å²) in [5.41, 5.74) is 0. The van der Waals surface area contributed by atoms with Crippen molar-refractivity contribution in [3.8, 4) is 0 Å². The Bertz CT molecular complexity index is 334. The highest BCUT2D eigenvalue weighted by atomic mass is 32.2. The number of rotatable bonds is 1. The van der Waals surface area contributed by atoms with Crippen LogP contribution in [0, 0.1) is 0 Å². The number of carbonyl (C=O) groups is 3. The van der Waals surface area contributed by atoms with Crippen LogP contribution in [-0.2, 0) is 9.59 Å². The first kappa shape index (κ1) is 11.3. The maximum atomic E-state index is 12.0. The average molecular weight is 243 g/mol. The Balaban J connectivity index is 1.97. The van der Waals surface area contributed by atoms with Crippen LogP contribution >= 0.6 is 11.8 Å². The molecule has 6 nitrogen and oxygen atoms in total. The lowest BCUT2D eigenvalue weighted by Crippen LogP contribution is -2.47. The van der Waals surface area contributed by atoms with Gasteiger partial charge in [-0.2, -0.15) is 0 Å². The van der Waals surface area contributed by atoms with Crippen molar-refractivity contribution in [2.45, 2.75) is 12.5 Å². The van der Waals surface area contributed by atoms with E-state index in [4.69, 9.17) is 0 Å².